The molecule has 17 heavy (non-hydrogen) atoms. The van der Waals surface area contributed by atoms with Crippen LogP contribution in [0.4, 0.5) is 0 Å². The largest absolute Gasteiger partial charge is 0.476 e. The van der Waals surface area contributed by atoms with Crippen molar-refractivity contribution in [2.24, 2.45) is 5.92 Å². The molecule has 0 amide bonds. The molecule has 2 rings (SSSR count). The van der Waals surface area contributed by atoms with Gasteiger partial charge in [0, 0.05) is 19.0 Å². The number of carbonyl (C=O) groups is 1. The van der Waals surface area contributed by atoms with Gasteiger partial charge in [-0.3, -0.25) is 0 Å². The standard InChI is InChI=1S/C12H18N2O3/c1-2-14-5-3-4-9(8-14)6-10-7-11(12(15)16)13-17-10/h7,9H,2-6,8H2,1H3,(H,15,16). The predicted molar refractivity (Wildman–Crippen MR) is 62.0 cm³/mol. The Kier molecular flexibility index (Phi) is 3.78. The summed E-state index contributed by atoms with van der Waals surface area (Å²) in [6.45, 7) is 5.48. The lowest BCUT2D eigenvalue weighted by atomic mass is 9.94. The Morgan fingerprint density at radius 2 is 2.53 bits per heavy atom. The summed E-state index contributed by atoms with van der Waals surface area (Å²) in [5, 5.41) is 12.3. The van der Waals surface area contributed by atoms with E-state index in [0.29, 0.717) is 11.7 Å². The van der Waals surface area contributed by atoms with Crippen LogP contribution in [0.15, 0.2) is 10.6 Å². The summed E-state index contributed by atoms with van der Waals surface area (Å²) in [6.07, 6.45) is 3.18. The Morgan fingerprint density at radius 3 is 3.18 bits per heavy atom. The first kappa shape index (κ1) is 12.1. The fraction of sp³-hybridized carbons (Fsp3) is 0.667. The monoisotopic (exact) mass is 238 g/mol. The van der Waals surface area contributed by atoms with Gasteiger partial charge in [0.1, 0.15) is 5.76 Å². The average Bonchev–Trinajstić information content (AvgIpc) is 2.78. The molecule has 1 aromatic heterocycles. The fourth-order valence-corrected chi connectivity index (χ4v) is 2.40. The normalized spacial score (nSPS) is 21.6. The van der Waals surface area contributed by atoms with Crippen LogP contribution in [-0.4, -0.2) is 40.8 Å². The van der Waals surface area contributed by atoms with Crippen LogP contribution in [0.5, 0.6) is 0 Å². The van der Waals surface area contributed by atoms with Crippen LogP contribution in [-0.2, 0) is 6.42 Å². The van der Waals surface area contributed by atoms with Crippen LogP contribution in [0.1, 0.15) is 36.0 Å². The first-order valence-electron chi connectivity index (χ1n) is 6.10. The summed E-state index contributed by atoms with van der Waals surface area (Å²) in [5.41, 5.74) is 0.00292. The first-order chi connectivity index (χ1) is 8.19. The van der Waals surface area contributed by atoms with Crippen molar-refractivity contribution in [3.05, 3.63) is 17.5 Å². The van der Waals surface area contributed by atoms with E-state index in [1.165, 1.54) is 25.5 Å². The zero-order chi connectivity index (χ0) is 12.3. The van der Waals surface area contributed by atoms with Gasteiger partial charge >= 0.3 is 5.97 Å². The van der Waals surface area contributed by atoms with Crippen molar-refractivity contribution in [2.45, 2.75) is 26.2 Å². The lowest BCUT2D eigenvalue weighted by Crippen LogP contribution is -2.35. The van der Waals surface area contributed by atoms with Gasteiger partial charge in [-0.25, -0.2) is 4.79 Å². The van der Waals surface area contributed by atoms with Gasteiger partial charge < -0.3 is 14.5 Å². The van der Waals surface area contributed by atoms with E-state index < -0.39 is 5.97 Å². The van der Waals surface area contributed by atoms with E-state index in [0.717, 1.165) is 19.5 Å². The second-order valence-corrected chi connectivity index (χ2v) is 4.59. The van der Waals surface area contributed by atoms with E-state index in [1.807, 2.05) is 0 Å². The molecule has 5 nitrogen and oxygen atoms in total. The Hall–Kier alpha value is -1.36. The molecule has 1 N–H and O–H groups in total. The van der Waals surface area contributed by atoms with E-state index in [4.69, 9.17) is 9.63 Å². The molecule has 94 valence electrons. The van der Waals surface area contributed by atoms with Crippen molar-refractivity contribution in [1.82, 2.24) is 10.1 Å². The van der Waals surface area contributed by atoms with Crippen molar-refractivity contribution in [1.29, 1.82) is 0 Å². The van der Waals surface area contributed by atoms with Gasteiger partial charge in [-0.1, -0.05) is 12.1 Å². The molecule has 0 radical (unpaired) electrons. The zero-order valence-electron chi connectivity index (χ0n) is 10.1. The number of aromatic carboxylic acids is 1. The molecule has 0 spiro atoms. The quantitative estimate of drug-likeness (QED) is 0.863. The van der Waals surface area contributed by atoms with E-state index in [-0.39, 0.29) is 5.69 Å². The van der Waals surface area contributed by atoms with Crippen molar-refractivity contribution in [3.63, 3.8) is 0 Å². The van der Waals surface area contributed by atoms with Crippen LogP contribution in [0, 0.1) is 5.92 Å². The summed E-state index contributed by atoms with van der Waals surface area (Å²) in [4.78, 5) is 13.1. The van der Waals surface area contributed by atoms with E-state index in [1.54, 1.807) is 0 Å². The summed E-state index contributed by atoms with van der Waals surface area (Å²) >= 11 is 0. The number of hydrogen-bond acceptors (Lipinski definition) is 4. The van der Waals surface area contributed by atoms with Crippen LogP contribution >= 0.6 is 0 Å². The highest BCUT2D eigenvalue weighted by atomic mass is 16.5. The second-order valence-electron chi connectivity index (χ2n) is 4.59. The number of rotatable bonds is 4. The molecule has 2 heterocycles. The molecule has 0 saturated carbocycles. The third-order valence-corrected chi connectivity index (χ3v) is 3.32. The van der Waals surface area contributed by atoms with Gasteiger partial charge in [0.2, 0.25) is 0 Å². The van der Waals surface area contributed by atoms with Crippen molar-refractivity contribution < 1.29 is 14.4 Å². The fourth-order valence-electron chi connectivity index (χ4n) is 2.40. The molecular weight excluding hydrogens is 220 g/mol. The average molecular weight is 238 g/mol. The van der Waals surface area contributed by atoms with Gasteiger partial charge in [-0.05, 0) is 31.8 Å². The predicted octanol–water partition coefficient (Wildman–Crippen LogP) is 1.65. The number of aromatic nitrogens is 1. The molecule has 0 aromatic carbocycles. The van der Waals surface area contributed by atoms with Crippen LogP contribution < -0.4 is 0 Å². The first-order valence-corrected chi connectivity index (χ1v) is 6.10. The maximum Gasteiger partial charge on any atom is 0.358 e. The third kappa shape index (κ3) is 3.06. The molecule has 1 saturated heterocycles. The van der Waals surface area contributed by atoms with E-state index >= 15 is 0 Å². The summed E-state index contributed by atoms with van der Waals surface area (Å²) < 4.78 is 5.05. The number of carboxylic acid groups (broad SMARTS) is 1. The molecule has 1 aliphatic rings. The van der Waals surface area contributed by atoms with Gasteiger partial charge in [0.25, 0.3) is 0 Å². The molecule has 1 aromatic rings. The lowest BCUT2D eigenvalue weighted by Gasteiger charge is -2.31. The number of hydrogen-bond donors (Lipinski definition) is 1. The topological polar surface area (TPSA) is 66.6 Å². The summed E-state index contributed by atoms with van der Waals surface area (Å²) in [6, 6.07) is 1.53. The minimum atomic E-state index is -1.03. The van der Waals surface area contributed by atoms with Gasteiger partial charge in [0.05, 0.1) is 0 Å². The number of nitrogens with zero attached hydrogens (tertiary/aromatic N) is 2. The van der Waals surface area contributed by atoms with Gasteiger partial charge in [-0.2, -0.15) is 0 Å². The highest BCUT2D eigenvalue weighted by Crippen LogP contribution is 2.21. The summed E-state index contributed by atoms with van der Waals surface area (Å²) in [5.74, 6) is 0.211. The molecule has 1 aliphatic heterocycles. The maximum absolute atomic E-state index is 10.7. The van der Waals surface area contributed by atoms with Crippen LogP contribution in [0.3, 0.4) is 0 Å². The Balaban J connectivity index is 1.93. The molecule has 1 fully saturated rings. The summed E-state index contributed by atoms with van der Waals surface area (Å²) in [7, 11) is 0. The third-order valence-electron chi connectivity index (χ3n) is 3.32. The van der Waals surface area contributed by atoms with Crippen molar-refractivity contribution in [2.75, 3.05) is 19.6 Å². The number of piperidine rings is 1. The lowest BCUT2D eigenvalue weighted by molar-refractivity contribution is 0.0685. The molecule has 1 atom stereocenters. The minimum Gasteiger partial charge on any atom is -0.476 e. The Bertz CT molecular complexity index is 389. The van der Waals surface area contributed by atoms with Gasteiger partial charge in [-0.15, -0.1) is 0 Å². The number of carboxylic acids is 1. The molecule has 5 heteroatoms. The van der Waals surface area contributed by atoms with Crippen LogP contribution in [0.25, 0.3) is 0 Å². The van der Waals surface area contributed by atoms with E-state index in [2.05, 4.69) is 17.0 Å². The molecule has 0 bridgehead atoms. The van der Waals surface area contributed by atoms with Gasteiger partial charge in [0.15, 0.2) is 5.69 Å². The Labute approximate surface area is 100 Å². The van der Waals surface area contributed by atoms with Crippen LogP contribution in [0.2, 0.25) is 0 Å². The molecular formula is C12H18N2O3. The highest BCUT2D eigenvalue weighted by molar-refractivity contribution is 5.85. The van der Waals surface area contributed by atoms with E-state index in [9.17, 15) is 4.79 Å². The van der Waals surface area contributed by atoms with Crippen molar-refractivity contribution >= 4 is 5.97 Å². The Morgan fingerprint density at radius 1 is 1.71 bits per heavy atom. The molecule has 1 unspecified atom stereocenters. The minimum absolute atomic E-state index is 0.00292. The zero-order valence-corrected chi connectivity index (χ0v) is 10.1. The maximum atomic E-state index is 10.7. The highest BCUT2D eigenvalue weighted by Gasteiger charge is 2.21. The number of likely N-dealkylation sites (tertiary alicyclic amines) is 1. The smallest absolute Gasteiger partial charge is 0.358 e. The van der Waals surface area contributed by atoms with Crippen molar-refractivity contribution in [3.8, 4) is 0 Å². The molecule has 0 aliphatic carbocycles. The second kappa shape index (κ2) is 5.31. The SMILES string of the molecule is CCN1CCCC(Cc2cc(C(=O)O)no2)C1.